The third-order valence-corrected chi connectivity index (χ3v) is 2.68. The second-order valence-corrected chi connectivity index (χ2v) is 3.60. The van der Waals surface area contributed by atoms with Crippen molar-refractivity contribution in [3.05, 3.63) is 34.3 Å². The maximum atomic E-state index is 10.7. The van der Waals surface area contributed by atoms with E-state index < -0.39 is 5.97 Å². The third-order valence-electron chi connectivity index (χ3n) is 1.52. The van der Waals surface area contributed by atoms with Gasteiger partial charge >= 0.3 is 83.9 Å². The monoisotopic (exact) mass is 246 g/mol. The molecule has 0 aliphatic heterocycles. The first-order valence-electron chi connectivity index (χ1n) is 3.37. The predicted octanol–water partition coefficient (Wildman–Crippen LogP) is 1.17. The Morgan fingerprint density at radius 1 is 1.58 bits per heavy atom. The van der Waals surface area contributed by atoms with Crippen LogP contribution in [0, 0.1) is 0 Å². The van der Waals surface area contributed by atoms with E-state index in [2.05, 4.69) is 0 Å². The van der Waals surface area contributed by atoms with Gasteiger partial charge in [0, 0.05) is 0 Å². The third kappa shape index (κ3) is 2.02. The Hall–Kier alpha value is -0.462. The van der Waals surface area contributed by atoms with Crippen molar-refractivity contribution in [1.29, 1.82) is 0 Å². The minimum absolute atomic E-state index is 0.312. The van der Waals surface area contributed by atoms with Crippen molar-refractivity contribution in [2.75, 3.05) is 0 Å². The van der Waals surface area contributed by atoms with Crippen LogP contribution in [-0.2, 0) is 5.21 Å². The molecule has 0 aliphatic rings. The van der Waals surface area contributed by atoms with Gasteiger partial charge in [0.25, 0.3) is 0 Å². The second-order valence-electron chi connectivity index (χ2n) is 2.31. The number of benzene rings is 1. The van der Waals surface area contributed by atoms with Crippen LogP contribution < -0.4 is 0 Å². The molecule has 1 aromatic carbocycles. The Labute approximate surface area is 84.0 Å². The number of hydrogen-bond donors (Lipinski definition) is 1. The van der Waals surface area contributed by atoms with Gasteiger partial charge in [-0.1, -0.05) is 0 Å². The number of halogens is 1. The predicted molar refractivity (Wildman–Crippen MR) is 50.7 cm³/mol. The summed E-state index contributed by atoms with van der Waals surface area (Å²) in [5, 5.41) is 10.0. The molecule has 2 nitrogen and oxygen atoms in total. The van der Waals surface area contributed by atoms with Crippen LogP contribution in [0.2, 0.25) is 5.02 Å². The Morgan fingerprint density at radius 2 is 2.25 bits per heavy atom. The number of rotatable bonds is 2. The van der Waals surface area contributed by atoms with Crippen LogP contribution in [0.5, 0.6) is 0 Å². The fourth-order valence-electron chi connectivity index (χ4n) is 0.926. The minimum atomic E-state index is -0.912. The van der Waals surface area contributed by atoms with Crippen molar-refractivity contribution in [3.63, 3.8) is 0 Å². The first-order chi connectivity index (χ1) is 5.65. The van der Waals surface area contributed by atoms with Gasteiger partial charge in [-0.2, -0.15) is 0 Å². The van der Waals surface area contributed by atoms with E-state index in [1.54, 1.807) is 12.1 Å². The first kappa shape index (κ1) is 9.63. The van der Waals surface area contributed by atoms with Gasteiger partial charge < -0.3 is 0 Å². The van der Waals surface area contributed by atoms with Crippen molar-refractivity contribution in [3.8, 4) is 0 Å². The Morgan fingerprint density at radius 3 is 2.75 bits per heavy atom. The normalized spacial score (nSPS) is 9.83. The SMILES string of the molecule is O=C(O)c1cc(Cl)ccc1C[AsH2]. The molecule has 0 saturated carbocycles. The Bertz CT molecular complexity index is 312. The molecule has 64 valence electrons. The van der Waals surface area contributed by atoms with E-state index in [0.29, 0.717) is 10.6 Å². The van der Waals surface area contributed by atoms with Crippen molar-refractivity contribution in [1.82, 2.24) is 0 Å². The number of carboxylic acid groups (broad SMARTS) is 1. The van der Waals surface area contributed by atoms with Crippen molar-refractivity contribution >= 4 is 34.4 Å². The topological polar surface area (TPSA) is 37.3 Å². The van der Waals surface area contributed by atoms with Crippen molar-refractivity contribution in [2.45, 2.75) is 5.21 Å². The van der Waals surface area contributed by atoms with E-state index in [-0.39, 0.29) is 0 Å². The Kier molecular flexibility index (Phi) is 3.19. The molecule has 1 atom stereocenters. The molecule has 0 fully saturated rings. The number of carbonyl (C=O) groups is 1. The van der Waals surface area contributed by atoms with Gasteiger partial charge in [-0.25, -0.2) is 0 Å². The molecule has 0 aromatic heterocycles. The van der Waals surface area contributed by atoms with Crippen LogP contribution in [0.3, 0.4) is 0 Å². The fraction of sp³-hybridized carbons (Fsp3) is 0.125. The van der Waals surface area contributed by atoms with E-state index >= 15 is 0 Å². The molecule has 0 spiro atoms. The van der Waals surface area contributed by atoms with Crippen molar-refractivity contribution < 1.29 is 9.90 Å². The molecule has 1 unspecified atom stereocenters. The van der Waals surface area contributed by atoms with Gasteiger partial charge in [0.1, 0.15) is 0 Å². The zero-order chi connectivity index (χ0) is 9.14. The van der Waals surface area contributed by atoms with E-state index in [1.807, 2.05) is 0 Å². The maximum absolute atomic E-state index is 10.7. The summed E-state index contributed by atoms with van der Waals surface area (Å²) in [6.45, 7) is 0. The molecule has 12 heavy (non-hydrogen) atoms. The second kappa shape index (κ2) is 3.97. The summed E-state index contributed by atoms with van der Waals surface area (Å²) < 4.78 is 0. The number of aromatic carboxylic acids is 1. The van der Waals surface area contributed by atoms with Gasteiger partial charge in [0.2, 0.25) is 0 Å². The summed E-state index contributed by atoms with van der Waals surface area (Å²) in [6.07, 6.45) is 0. The molecular weight excluding hydrogens is 238 g/mol. The van der Waals surface area contributed by atoms with Gasteiger partial charge in [-0.05, 0) is 0 Å². The van der Waals surface area contributed by atoms with Crippen LogP contribution in [-0.4, -0.2) is 27.9 Å². The summed E-state index contributed by atoms with van der Waals surface area (Å²) in [7, 11) is 0. The number of hydrogen-bond acceptors (Lipinski definition) is 1. The average Bonchev–Trinajstić information content (AvgIpc) is 2.04. The van der Waals surface area contributed by atoms with Crippen LogP contribution in [0.1, 0.15) is 15.9 Å². The zero-order valence-electron chi connectivity index (χ0n) is 6.25. The molecule has 0 bridgehead atoms. The zero-order valence-corrected chi connectivity index (χ0v) is 9.43. The summed E-state index contributed by atoms with van der Waals surface area (Å²) in [6, 6.07) is 4.95. The summed E-state index contributed by atoms with van der Waals surface area (Å²) in [4.78, 5) is 10.7. The summed E-state index contributed by atoms with van der Waals surface area (Å²) >= 11 is 7.14. The van der Waals surface area contributed by atoms with Gasteiger partial charge in [-0.3, -0.25) is 0 Å². The first-order valence-corrected chi connectivity index (χ1v) is 5.46. The molecule has 0 aliphatic carbocycles. The summed E-state index contributed by atoms with van der Waals surface area (Å²) in [5.74, 6) is -0.912. The van der Waals surface area contributed by atoms with E-state index in [9.17, 15) is 4.79 Å². The number of carboxylic acids is 1. The van der Waals surface area contributed by atoms with Crippen LogP contribution in [0.15, 0.2) is 18.2 Å². The molecule has 4 heteroatoms. The summed E-state index contributed by atoms with van der Waals surface area (Å²) in [5.41, 5.74) is 1.15. The fourth-order valence-corrected chi connectivity index (χ4v) is 1.84. The quantitative estimate of drug-likeness (QED) is 0.796. The van der Waals surface area contributed by atoms with E-state index in [4.69, 9.17) is 16.7 Å². The Balaban J connectivity index is 3.21. The van der Waals surface area contributed by atoms with E-state index in [0.717, 1.165) is 10.8 Å². The average molecular weight is 247 g/mol. The standard InChI is InChI=1S/C8H8AsClO2/c9-4-5-1-2-6(10)3-7(5)8(11)12/h1-3H,4,9H2,(H,11,12). The molecule has 0 amide bonds. The molecular formula is C8H8AsClO2. The van der Waals surface area contributed by atoms with Crippen molar-refractivity contribution in [2.24, 2.45) is 0 Å². The molecule has 0 radical (unpaired) electrons. The van der Waals surface area contributed by atoms with Crippen LogP contribution in [0.25, 0.3) is 0 Å². The van der Waals surface area contributed by atoms with Gasteiger partial charge in [0.15, 0.2) is 0 Å². The molecule has 1 aromatic rings. The molecule has 0 saturated heterocycles. The van der Waals surface area contributed by atoms with Crippen LogP contribution in [0.4, 0.5) is 0 Å². The molecule has 0 heterocycles. The van der Waals surface area contributed by atoms with Gasteiger partial charge in [-0.15, -0.1) is 0 Å². The van der Waals surface area contributed by atoms with Gasteiger partial charge in [0.05, 0.1) is 0 Å². The molecule has 1 rings (SSSR count). The van der Waals surface area contributed by atoms with E-state index in [1.165, 1.54) is 22.9 Å². The van der Waals surface area contributed by atoms with Crippen LogP contribution >= 0.6 is 11.6 Å². The molecule has 1 N–H and O–H groups in total.